The molecule has 1 aliphatic heterocycles. The zero-order valence-corrected chi connectivity index (χ0v) is 16.5. The maximum Gasteiger partial charge on any atom is 0.274 e. The van der Waals surface area contributed by atoms with Gasteiger partial charge in [0.05, 0.1) is 12.8 Å². The first-order valence-electron chi connectivity index (χ1n) is 9.84. The van der Waals surface area contributed by atoms with Crippen LogP contribution in [0.3, 0.4) is 0 Å². The van der Waals surface area contributed by atoms with Gasteiger partial charge in [-0.05, 0) is 49.4 Å². The molecule has 1 aliphatic rings. The summed E-state index contributed by atoms with van der Waals surface area (Å²) in [6, 6.07) is 13.6. The van der Waals surface area contributed by atoms with Crippen molar-refractivity contribution in [3.63, 3.8) is 0 Å². The van der Waals surface area contributed by atoms with Gasteiger partial charge in [-0.15, -0.1) is 0 Å². The molecule has 6 nitrogen and oxygen atoms in total. The van der Waals surface area contributed by atoms with Crippen LogP contribution in [0.4, 0.5) is 0 Å². The molecule has 0 spiro atoms. The fraction of sp³-hybridized carbons (Fsp3) is 0.364. The van der Waals surface area contributed by atoms with Gasteiger partial charge in [0.1, 0.15) is 11.4 Å². The van der Waals surface area contributed by atoms with Gasteiger partial charge in [-0.3, -0.25) is 14.1 Å². The Hall–Kier alpha value is -2.86. The number of amides is 1. The number of hydrogen-bond donors (Lipinski definition) is 0. The molecular formula is C22H26N4O2. The molecule has 0 atom stereocenters. The first-order chi connectivity index (χ1) is 13.7. The van der Waals surface area contributed by atoms with Gasteiger partial charge in [-0.2, -0.15) is 0 Å². The molecule has 6 heteroatoms. The number of ether oxygens (including phenoxy) is 1. The fourth-order valence-electron chi connectivity index (χ4n) is 3.81. The van der Waals surface area contributed by atoms with Crippen LogP contribution in [0.5, 0.6) is 5.75 Å². The number of piperazine rings is 1. The fourth-order valence-corrected chi connectivity index (χ4v) is 3.81. The van der Waals surface area contributed by atoms with Crippen molar-refractivity contribution in [3.8, 4) is 17.0 Å². The van der Waals surface area contributed by atoms with Gasteiger partial charge < -0.3 is 9.64 Å². The second-order valence-electron chi connectivity index (χ2n) is 7.10. The highest BCUT2D eigenvalue weighted by molar-refractivity contribution is 5.99. The predicted octanol–water partition coefficient (Wildman–Crippen LogP) is 3.18. The van der Waals surface area contributed by atoms with E-state index < -0.39 is 0 Å². The minimum atomic E-state index is 0.00525. The van der Waals surface area contributed by atoms with E-state index in [4.69, 9.17) is 4.74 Å². The predicted molar refractivity (Wildman–Crippen MR) is 110 cm³/mol. The summed E-state index contributed by atoms with van der Waals surface area (Å²) < 4.78 is 7.26. The third-order valence-electron chi connectivity index (χ3n) is 5.30. The van der Waals surface area contributed by atoms with Crippen molar-refractivity contribution < 1.29 is 9.53 Å². The Bertz CT molecular complexity index is 956. The zero-order valence-electron chi connectivity index (χ0n) is 16.5. The zero-order chi connectivity index (χ0) is 19.5. The summed E-state index contributed by atoms with van der Waals surface area (Å²) in [6.07, 6.45) is 3.10. The van der Waals surface area contributed by atoms with E-state index in [1.807, 2.05) is 58.0 Å². The standard InChI is InChI=1S/C22H26N4O2/c1-3-11-24-13-15-25(16-14-24)22(27)20-21(17-7-9-18(28-2)10-8-17)26-12-5-4-6-19(26)23-20/h4-10,12H,3,11,13-16H2,1-2H3. The van der Waals surface area contributed by atoms with Crippen molar-refractivity contribution in [2.45, 2.75) is 13.3 Å². The molecule has 1 saturated heterocycles. The van der Waals surface area contributed by atoms with Crippen molar-refractivity contribution in [1.29, 1.82) is 0 Å². The van der Waals surface area contributed by atoms with Gasteiger partial charge in [-0.25, -0.2) is 4.98 Å². The number of imidazole rings is 1. The number of rotatable bonds is 5. The van der Waals surface area contributed by atoms with E-state index in [0.717, 1.165) is 61.8 Å². The van der Waals surface area contributed by atoms with Gasteiger partial charge >= 0.3 is 0 Å². The van der Waals surface area contributed by atoms with Gasteiger partial charge in [0.25, 0.3) is 5.91 Å². The number of fused-ring (bicyclic) bond motifs is 1. The Morgan fingerprint density at radius 2 is 1.82 bits per heavy atom. The molecule has 0 saturated carbocycles. The number of aromatic nitrogens is 2. The normalized spacial score (nSPS) is 15.1. The van der Waals surface area contributed by atoms with Crippen LogP contribution in [0.1, 0.15) is 23.8 Å². The van der Waals surface area contributed by atoms with Crippen molar-refractivity contribution in [2.24, 2.45) is 0 Å². The Morgan fingerprint density at radius 3 is 2.50 bits per heavy atom. The van der Waals surface area contributed by atoms with Crippen LogP contribution in [0.15, 0.2) is 48.7 Å². The number of carbonyl (C=O) groups is 1. The summed E-state index contributed by atoms with van der Waals surface area (Å²) in [6.45, 7) is 6.61. The quantitative estimate of drug-likeness (QED) is 0.684. The number of hydrogen-bond acceptors (Lipinski definition) is 4. The molecule has 1 aromatic carbocycles. The number of pyridine rings is 1. The monoisotopic (exact) mass is 378 g/mol. The van der Waals surface area contributed by atoms with Gasteiger partial charge in [0.2, 0.25) is 0 Å². The molecule has 146 valence electrons. The molecule has 0 radical (unpaired) electrons. The molecule has 3 aromatic rings. The Morgan fingerprint density at radius 1 is 1.07 bits per heavy atom. The van der Waals surface area contributed by atoms with Crippen LogP contribution in [0, 0.1) is 0 Å². The van der Waals surface area contributed by atoms with E-state index in [1.165, 1.54) is 0 Å². The second-order valence-corrected chi connectivity index (χ2v) is 7.10. The maximum absolute atomic E-state index is 13.4. The molecule has 0 unspecified atom stereocenters. The SMILES string of the molecule is CCCN1CCN(C(=O)c2nc3ccccn3c2-c2ccc(OC)cc2)CC1. The Balaban J connectivity index is 1.69. The maximum atomic E-state index is 13.4. The topological polar surface area (TPSA) is 50.1 Å². The third-order valence-corrected chi connectivity index (χ3v) is 5.30. The van der Waals surface area contributed by atoms with Crippen molar-refractivity contribution in [3.05, 3.63) is 54.4 Å². The van der Waals surface area contributed by atoms with Crippen molar-refractivity contribution in [2.75, 3.05) is 39.8 Å². The lowest BCUT2D eigenvalue weighted by molar-refractivity contribution is 0.0633. The minimum Gasteiger partial charge on any atom is -0.497 e. The van der Waals surface area contributed by atoms with Crippen LogP contribution >= 0.6 is 0 Å². The average Bonchev–Trinajstić information content (AvgIpc) is 3.13. The molecule has 4 rings (SSSR count). The highest BCUT2D eigenvalue weighted by Crippen LogP contribution is 2.28. The first-order valence-corrected chi connectivity index (χ1v) is 9.84. The van der Waals surface area contributed by atoms with Crippen molar-refractivity contribution >= 4 is 11.6 Å². The summed E-state index contributed by atoms with van der Waals surface area (Å²) in [7, 11) is 1.65. The Kier molecular flexibility index (Phi) is 5.30. The average molecular weight is 378 g/mol. The minimum absolute atomic E-state index is 0.00525. The smallest absolute Gasteiger partial charge is 0.274 e. The lowest BCUT2D eigenvalue weighted by atomic mass is 10.1. The van der Waals surface area contributed by atoms with E-state index in [9.17, 15) is 4.79 Å². The van der Waals surface area contributed by atoms with Gasteiger partial charge in [-0.1, -0.05) is 13.0 Å². The van der Waals surface area contributed by atoms with Crippen LogP contribution in [-0.4, -0.2) is 64.9 Å². The van der Waals surface area contributed by atoms with E-state index in [1.54, 1.807) is 7.11 Å². The highest BCUT2D eigenvalue weighted by atomic mass is 16.5. The van der Waals surface area contributed by atoms with Gasteiger partial charge in [0, 0.05) is 37.9 Å². The molecule has 0 aliphatic carbocycles. The lowest BCUT2D eigenvalue weighted by Crippen LogP contribution is -2.48. The Labute approximate surface area is 165 Å². The number of nitrogens with zero attached hydrogens (tertiary/aromatic N) is 4. The summed E-state index contributed by atoms with van der Waals surface area (Å²) >= 11 is 0. The highest BCUT2D eigenvalue weighted by Gasteiger charge is 2.27. The molecule has 2 aromatic heterocycles. The van der Waals surface area contributed by atoms with E-state index in [2.05, 4.69) is 16.8 Å². The molecule has 3 heterocycles. The lowest BCUT2D eigenvalue weighted by Gasteiger charge is -2.34. The summed E-state index contributed by atoms with van der Waals surface area (Å²) in [5, 5.41) is 0. The van der Waals surface area contributed by atoms with Crippen LogP contribution in [0.25, 0.3) is 16.9 Å². The molecule has 0 N–H and O–H groups in total. The van der Waals surface area contributed by atoms with Crippen LogP contribution in [-0.2, 0) is 0 Å². The van der Waals surface area contributed by atoms with Crippen LogP contribution < -0.4 is 4.74 Å². The third kappa shape index (κ3) is 3.47. The summed E-state index contributed by atoms with van der Waals surface area (Å²) in [5.74, 6) is 0.795. The van der Waals surface area contributed by atoms with E-state index in [0.29, 0.717) is 5.69 Å². The molecule has 28 heavy (non-hydrogen) atoms. The van der Waals surface area contributed by atoms with Crippen molar-refractivity contribution in [1.82, 2.24) is 19.2 Å². The second kappa shape index (κ2) is 8.02. The van der Waals surface area contributed by atoms with Gasteiger partial charge in [0.15, 0.2) is 5.69 Å². The molecule has 1 amide bonds. The molecular weight excluding hydrogens is 352 g/mol. The summed E-state index contributed by atoms with van der Waals surface area (Å²) in [4.78, 5) is 22.4. The number of carbonyl (C=O) groups excluding carboxylic acids is 1. The first kappa shape index (κ1) is 18.5. The van der Waals surface area contributed by atoms with E-state index in [-0.39, 0.29) is 5.91 Å². The van der Waals surface area contributed by atoms with E-state index >= 15 is 0 Å². The number of methoxy groups -OCH3 is 1. The molecule has 1 fully saturated rings. The largest absolute Gasteiger partial charge is 0.497 e. The van der Waals surface area contributed by atoms with Crippen LogP contribution in [0.2, 0.25) is 0 Å². The summed E-state index contributed by atoms with van der Waals surface area (Å²) in [5.41, 5.74) is 3.08. The number of benzene rings is 1. The molecule has 0 bridgehead atoms.